The van der Waals surface area contributed by atoms with Crippen LogP contribution < -0.4 is 5.32 Å². The van der Waals surface area contributed by atoms with Crippen LogP contribution >= 0.6 is 0 Å². The summed E-state index contributed by atoms with van der Waals surface area (Å²) in [5.74, 6) is -0.173. The second-order valence-electron chi connectivity index (χ2n) is 22.6. The smallest absolute Gasteiger partial charge is 0.220 e. The average Bonchev–Trinajstić information content (AvgIpc) is 3.39. The van der Waals surface area contributed by atoms with E-state index >= 15 is 0 Å². The number of rotatable bonds is 56. The molecule has 1 aliphatic heterocycles. The van der Waals surface area contributed by atoms with Crippen molar-refractivity contribution in [2.45, 2.75) is 365 Å². The van der Waals surface area contributed by atoms with Gasteiger partial charge in [-0.25, -0.2) is 0 Å². The summed E-state index contributed by atoms with van der Waals surface area (Å²) in [6.07, 6.45) is 62.6. The van der Waals surface area contributed by atoms with Crippen molar-refractivity contribution < 1.29 is 39.8 Å². The fourth-order valence-electron chi connectivity index (χ4n) is 10.4. The zero-order chi connectivity index (χ0) is 52.9. The SMILES string of the molecule is CCCCCCCCCCCCCC/C=C\CCCCCCCCCCCCC(=O)NC(COC1OC(CO)C(O)C(O)C1O)C(O)/C=C/CCCCCCCCCCCCCCCCCCCCCCCC. The van der Waals surface area contributed by atoms with E-state index in [-0.39, 0.29) is 12.5 Å². The molecule has 0 bridgehead atoms. The number of amides is 1. The van der Waals surface area contributed by atoms with Gasteiger partial charge in [0.1, 0.15) is 24.4 Å². The molecule has 0 aromatic carbocycles. The molecule has 0 aromatic heterocycles. The molecule has 1 fully saturated rings. The third kappa shape index (κ3) is 43.4. The van der Waals surface area contributed by atoms with E-state index in [1.54, 1.807) is 6.08 Å². The summed E-state index contributed by atoms with van der Waals surface area (Å²) in [5, 5.41) is 54.7. The molecule has 7 atom stereocenters. The zero-order valence-electron chi connectivity index (χ0n) is 48.2. The summed E-state index contributed by atoms with van der Waals surface area (Å²) in [7, 11) is 0. The van der Waals surface area contributed by atoms with Crippen molar-refractivity contribution in [3.63, 3.8) is 0 Å². The van der Waals surface area contributed by atoms with Crippen LogP contribution in [0, 0.1) is 0 Å². The van der Waals surface area contributed by atoms with Crippen molar-refractivity contribution in [1.29, 1.82) is 0 Å². The van der Waals surface area contributed by atoms with Crippen molar-refractivity contribution in [3.8, 4) is 0 Å². The highest BCUT2D eigenvalue weighted by Crippen LogP contribution is 2.23. The van der Waals surface area contributed by atoms with Crippen molar-refractivity contribution in [1.82, 2.24) is 5.32 Å². The standard InChI is InChI=1S/C64H123NO8/c1-3-5-7-9-11-13-15-17-19-21-23-25-27-29-30-32-34-36-38-40-42-44-46-48-50-52-54-60(68)65-57(56-72-64-63(71)62(70)61(69)59(55-66)73-64)58(67)53-51-49-47-45-43-41-39-37-35-33-31-28-26-24-22-20-18-16-14-12-10-8-6-4-2/h29-30,51,53,57-59,61-64,66-67,69-71H,3-28,31-50,52,54-56H2,1-2H3,(H,65,68)/b30-29-,53-51+. The van der Waals surface area contributed by atoms with E-state index in [9.17, 15) is 30.3 Å². The van der Waals surface area contributed by atoms with Gasteiger partial charge >= 0.3 is 0 Å². The van der Waals surface area contributed by atoms with Gasteiger partial charge in [0.05, 0.1) is 25.4 Å². The molecular formula is C64H123NO8. The van der Waals surface area contributed by atoms with Crippen LogP contribution in [0.25, 0.3) is 0 Å². The van der Waals surface area contributed by atoms with Crippen LogP contribution in [-0.2, 0) is 14.3 Å². The van der Waals surface area contributed by atoms with E-state index in [1.807, 2.05) is 6.08 Å². The molecule has 6 N–H and O–H groups in total. The highest BCUT2D eigenvalue weighted by Gasteiger charge is 2.44. The second kappa shape index (κ2) is 54.0. The average molecular weight is 1030 g/mol. The topological polar surface area (TPSA) is 149 Å². The lowest BCUT2D eigenvalue weighted by molar-refractivity contribution is -0.302. The molecule has 1 heterocycles. The van der Waals surface area contributed by atoms with Crippen LogP contribution in [0.5, 0.6) is 0 Å². The van der Waals surface area contributed by atoms with Gasteiger partial charge in [-0.1, -0.05) is 295 Å². The number of ether oxygens (including phenoxy) is 2. The highest BCUT2D eigenvalue weighted by atomic mass is 16.7. The Morgan fingerprint density at radius 3 is 1.11 bits per heavy atom. The summed E-state index contributed by atoms with van der Waals surface area (Å²) >= 11 is 0. The van der Waals surface area contributed by atoms with E-state index in [4.69, 9.17) is 9.47 Å². The maximum absolute atomic E-state index is 13.1. The van der Waals surface area contributed by atoms with E-state index in [0.717, 1.165) is 38.5 Å². The molecular weight excluding hydrogens is 911 g/mol. The number of unbranched alkanes of at least 4 members (excludes halogenated alkanes) is 44. The lowest BCUT2D eigenvalue weighted by atomic mass is 9.99. The molecule has 432 valence electrons. The Labute approximate surface area is 451 Å². The molecule has 7 unspecified atom stereocenters. The van der Waals surface area contributed by atoms with Gasteiger partial charge in [0.2, 0.25) is 5.91 Å². The maximum Gasteiger partial charge on any atom is 0.220 e. The molecule has 0 aromatic rings. The largest absolute Gasteiger partial charge is 0.394 e. The van der Waals surface area contributed by atoms with Gasteiger partial charge in [-0.2, -0.15) is 0 Å². The lowest BCUT2D eigenvalue weighted by Crippen LogP contribution is -2.60. The molecule has 1 amide bonds. The van der Waals surface area contributed by atoms with Crippen molar-refractivity contribution in [2.75, 3.05) is 13.2 Å². The Balaban J connectivity index is 2.18. The Morgan fingerprint density at radius 2 is 0.767 bits per heavy atom. The first-order valence-corrected chi connectivity index (χ1v) is 32.1. The first-order valence-electron chi connectivity index (χ1n) is 32.1. The molecule has 9 nitrogen and oxygen atoms in total. The molecule has 0 radical (unpaired) electrons. The van der Waals surface area contributed by atoms with Gasteiger partial charge < -0.3 is 40.3 Å². The quantitative estimate of drug-likeness (QED) is 0.0261. The number of aliphatic hydroxyl groups is 5. The number of carbonyl (C=O) groups excluding carboxylic acids is 1. The van der Waals surface area contributed by atoms with Crippen molar-refractivity contribution in [2.24, 2.45) is 0 Å². The van der Waals surface area contributed by atoms with E-state index in [2.05, 4.69) is 31.3 Å². The number of nitrogens with one attached hydrogen (secondary N) is 1. The van der Waals surface area contributed by atoms with Crippen LogP contribution in [0.2, 0.25) is 0 Å². The second-order valence-corrected chi connectivity index (χ2v) is 22.6. The molecule has 73 heavy (non-hydrogen) atoms. The summed E-state index contributed by atoms with van der Waals surface area (Å²) in [4.78, 5) is 13.1. The van der Waals surface area contributed by atoms with Crippen LogP contribution in [0.3, 0.4) is 0 Å². The Bertz CT molecular complexity index is 1200. The molecule has 0 saturated carbocycles. The minimum absolute atomic E-state index is 0.173. The van der Waals surface area contributed by atoms with Crippen LogP contribution in [0.15, 0.2) is 24.3 Å². The lowest BCUT2D eigenvalue weighted by Gasteiger charge is -2.40. The Morgan fingerprint density at radius 1 is 0.452 bits per heavy atom. The molecule has 1 rings (SSSR count). The summed E-state index contributed by atoms with van der Waals surface area (Å²) < 4.78 is 11.3. The fraction of sp³-hybridized carbons (Fsp3) is 0.922. The predicted molar refractivity (Wildman–Crippen MR) is 309 cm³/mol. The van der Waals surface area contributed by atoms with Gasteiger partial charge in [0.15, 0.2) is 6.29 Å². The van der Waals surface area contributed by atoms with Gasteiger partial charge in [-0.05, 0) is 44.9 Å². The van der Waals surface area contributed by atoms with Crippen LogP contribution in [0.4, 0.5) is 0 Å². The number of allylic oxidation sites excluding steroid dienone is 3. The minimum Gasteiger partial charge on any atom is -0.394 e. The molecule has 1 aliphatic rings. The third-order valence-electron chi connectivity index (χ3n) is 15.5. The fourth-order valence-corrected chi connectivity index (χ4v) is 10.4. The summed E-state index contributed by atoms with van der Waals surface area (Å²) in [5.41, 5.74) is 0. The normalized spacial score (nSPS) is 19.1. The minimum atomic E-state index is -1.57. The van der Waals surface area contributed by atoms with E-state index in [0.29, 0.717) is 6.42 Å². The van der Waals surface area contributed by atoms with Gasteiger partial charge in [-0.3, -0.25) is 4.79 Å². The summed E-state index contributed by atoms with van der Waals surface area (Å²) in [6, 6.07) is -0.805. The van der Waals surface area contributed by atoms with Crippen LogP contribution in [-0.4, -0.2) is 87.5 Å². The van der Waals surface area contributed by atoms with Crippen LogP contribution in [0.1, 0.15) is 322 Å². The van der Waals surface area contributed by atoms with Crippen molar-refractivity contribution in [3.05, 3.63) is 24.3 Å². The maximum atomic E-state index is 13.1. The molecule has 1 saturated heterocycles. The van der Waals surface area contributed by atoms with Crippen molar-refractivity contribution >= 4 is 5.91 Å². The number of carbonyl (C=O) groups is 1. The predicted octanol–water partition coefficient (Wildman–Crippen LogP) is 16.5. The number of aliphatic hydroxyl groups excluding tert-OH is 5. The third-order valence-corrected chi connectivity index (χ3v) is 15.5. The van der Waals surface area contributed by atoms with Gasteiger partial charge in [-0.15, -0.1) is 0 Å². The highest BCUT2D eigenvalue weighted by molar-refractivity contribution is 5.76. The van der Waals surface area contributed by atoms with E-state index in [1.165, 1.54) is 263 Å². The Kier molecular flexibility index (Phi) is 51.6. The summed E-state index contributed by atoms with van der Waals surface area (Å²) in [6.45, 7) is 3.83. The molecule has 0 aliphatic carbocycles. The van der Waals surface area contributed by atoms with Gasteiger partial charge in [0, 0.05) is 6.42 Å². The molecule has 0 spiro atoms. The Hall–Kier alpha value is -1.33. The molecule has 9 heteroatoms. The number of hydrogen-bond donors (Lipinski definition) is 6. The van der Waals surface area contributed by atoms with E-state index < -0.39 is 49.5 Å². The zero-order valence-corrected chi connectivity index (χ0v) is 48.2. The monoisotopic (exact) mass is 1030 g/mol. The first-order chi connectivity index (χ1) is 35.8. The first kappa shape index (κ1) is 69.7. The number of hydrogen-bond acceptors (Lipinski definition) is 8. The van der Waals surface area contributed by atoms with Gasteiger partial charge in [0.25, 0.3) is 0 Å².